The summed E-state index contributed by atoms with van der Waals surface area (Å²) >= 11 is 1.87. The Bertz CT molecular complexity index is 1010. The fourth-order valence-electron chi connectivity index (χ4n) is 8.85. The summed E-state index contributed by atoms with van der Waals surface area (Å²) in [6.07, 6.45) is -0.630. The molecule has 0 amide bonds. The van der Waals surface area contributed by atoms with Crippen molar-refractivity contribution in [3.05, 3.63) is 0 Å². The molecule has 4 fully saturated rings. The lowest BCUT2D eigenvalue weighted by atomic mass is 9.92. The van der Waals surface area contributed by atoms with Crippen molar-refractivity contribution in [2.75, 3.05) is 242 Å². The molecule has 0 saturated carbocycles. The molecular weight excluding hydrogens is 819 g/mol. The molecule has 62 heavy (non-hydrogen) atoms. The van der Waals surface area contributed by atoms with Gasteiger partial charge >= 0.3 is 0 Å². The number of β-amino-alcohol motifs (C(OH)–C–C–N with tert-alkyl or cyclic N) is 4. The number of aliphatic hydroxyl groups is 4. The van der Waals surface area contributed by atoms with Gasteiger partial charge in [-0.05, 0) is 6.26 Å². The van der Waals surface area contributed by atoms with E-state index in [1.54, 1.807) is 0 Å². The minimum Gasteiger partial charge on any atom is -0.389 e. The molecule has 0 aromatic rings. The maximum atomic E-state index is 11.1. The maximum Gasteiger partial charge on any atom is 0.0900 e. The molecule has 0 aromatic carbocycles. The highest BCUT2D eigenvalue weighted by molar-refractivity contribution is 7.98. The zero-order valence-electron chi connectivity index (χ0n) is 38.4. The van der Waals surface area contributed by atoms with Crippen molar-refractivity contribution in [3.8, 4) is 0 Å². The number of hydrogen-bond donors (Lipinski definition) is 7. The molecular formula is C42H89N11O8S. The van der Waals surface area contributed by atoms with E-state index in [1.165, 1.54) is 0 Å². The number of rotatable bonds is 33. The SMILES string of the molecule is CSCCN1CCN(CC(O)COCC(COCC(O)CN2CCN(CCN)CC2)(COCC(O)CN2CCN(CCN)CC2)COCC(O)CN2CCN(CCN)CC2)CC1. The van der Waals surface area contributed by atoms with Crippen molar-refractivity contribution in [1.29, 1.82) is 0 Å². The van der Waals surface area contributed by atoms with Crippen LogP contribution >= 0.6 is 11.8 Å². The first-order valence-electron chi connectivity index (χ1n) is 23.5. The second-order valence-electron chi connectivity index (χ2n) is 18.1. The molecule has 4 rings (SSSR count). The van der Waals surface area contributed by atoms with Crippen LogP contribution < -0.4 is 17.2 Å². The number of nitrogens with zero attached hydrogens (tertiary/aromatic N) is 8. The van der Waals surface area contributed by atoms with Gasteiger partial charge in [-0.1, -0.05) is 0 Å². The van der Waals surface area contributed by atoms with Gasteiger partial charge in [-0.3, -0.25) is 39.2 Å². The number of piperazine rings is 4. The lowest BCUT2D eigenvalue weighted by Gasteiger charge is -2.37. The Morgan fingerprint density at radius 3 is 0.855 bits per heavy atom. The third-order valence-corrected chi connectivity index (χ3v) is 13.1. The second-order valence-corrected chi connectivity index (χ2v) is 19.1. The van der Waals surface area contributed by atoms with Crippen LogP contribution in [0.3, 0.4) is 0 Å². The molecule has 4 atom stereocenters. The number of ether oxygens (including phenoxy) is 4. The monoisotopic (exact) mass is 908 g/mol. The van der Waals surface area contributed by atoms with Gasteiger partial charge in [0.15, 0.2) is 0 Å². The van der Waals surface area contributed by atoms with Gasteiger partial charge in [-0.15, -0.1) is 0 Å². The van der Waals surface area contributed by atoms with Gasteiger partial charge in [-0.2, -0.15) is 11.8 Å². The van der Waals surface area contributed by atoms with Crippen LogP contribution in [0, 0.1) is 5.41 Å². The molecule has 0 radical (unpaired) electrons. The molecule has 19 nitrogen and oxygen atoms in total. The van der Waals surface area contributed by atoms with Gasteiger partial charge in [-0.25, -0.2) is 0 Å². The molecule has 0 aliphatic carbocycles. The summed E-state index contributed by atoms with van der Waals surface area (Å²) in [7, 11) is 0. The Hall–Kier alpha value is -0.410. The normalized spacial score (nSPS) is 23.4. The molecule has 4 heterocycles. The van der Waals surface area contributed by atoms with Crippen LogP contribution in [-0.2, 0) is 18.9 Å². The number of nitrogens with two attached hydrogens (primary N) is 3. The maximum absolute atomic E-state index is 11.1. The highest BCUT2D eigenvalue weighted by atomic mass is 32.2. The van der Waals surface area contributed by atoms with Crippen molar-refractivity contribution in [3.63, 3.8) is 0 Å². The molecule has 4 saturated heterocycles. The van der Waals surface area contributed by atoms with Crippen LogP contribution in [-0.4, -0.2) is 326 Å². The van der Waals surface area contributed by atoms with Crippen molar-refractivity contribution >= 4 is 11.8 Å². The Morgan fingerprint density at radius 2 is 0.629 bits per heavy atom. The Labute approximate surface area is 378 Å². The van der Waals surface area contributed by atoms with Crippen molar-refractivity contribution in [1.82, 2.24) is 39.2 Å². The largest absolute Gasteiger partial charge is 0.389 e. The zero-order valence-corrected chi connectivity index (χ0v) is 39.2. The van der Waals surface area contributed by atoms with Crippen molar-refractivity contribution in [2.24, 2.45) is 22.6 Å². The number of aliphatic hydroxyl groups excluding tert-OH is 4. The highest BCUT2D eigenvalue weighted by Crippen LogP contribution is 2.22. The topological polar surface area (TPSA) is 222 Å². The van der Waals surface area contributed by atoms with Gasteiger partial charge in [0, 0.05) is 182 Å². The molecule has 0 aromatic heterocycles. The van der Waals surface area contributed by atoms with Crippen LogP contribution in [0.4, 0.5) is 0 Å². The number of hydrogen-bond acceptors (Lipinski definition) is 20. The van der Waals surface area contributed by atoms with Crippen LogP contribution in [0.1, 0.15) is 0 Å². The quantitative estimate of drug-likeness (QED) is 0.0329. The average molecular weight is 908 g/mol. The Balaban J connectivity index is 1.35. The van der Waals surface area contributed by atoms with E-state index < -0.39 is 29.8 Å². The predicted molar refractivity (Wildman–Crippen MR) is 247 cm³/mol. The van der Waals surface area contributed by atoms with Crippen LogP contribution in [0.25, 0.3) is 0 Å². The first kappa shape index (κ1) is 54.2. The first-order chi connectivity index (χ1) is 30.1. The van der Waals surface area contributed by atoms with E-state index in [4.69, 9.17) is 36.1 Å². The molecule has 4 aliphatic heterocycles. The molecule has 0 bridgehead atoms. The van der Waals surface area contributed by atoms with E-state index in [0.29, 0.717) is 45.8 Å². The van der Waals surface area contributed by atoms with Crippen molar-refractivity contribution in [2.45, 2.75) is 24.4 Å². The summed E-state index contributed by atoms with van der Waals surface area (Å²) in [6.45, 7) is 23.3. The van der Waals surface area contributed by atoms with Gasteiger partial charge in [0.05, 0.1) is 82.7 Å². The summed E-state index contributed by atoms with van der Waals surface area (Å²) in [6, 6.07) is 0. The van der Waals surface area contributed by atoms with Gasteiger partial charge in [0.2, 0.25) is 0 Å². The molecule has 10 N–H and O–H groups in total. The minimum absolute atomic E-state index is 0.119. The lowest BCUT2D eigenvalue weighted by Crippen LogP contribution is -2.51. The van der Waals surface area contributed by atoms with E-state index in [1.807, 2.05) is 11.8 Å². The minimum atomic E-state index is -0.850. The Kier molecular flexibility index (Phi) is 27.6. The third-order valence-electron chi connectivity index (χ3n) is 12.6. The Morgan fingerprint density at radius 1 is 0.403 bits per heavy atom. The summed E-state index contributed by atoms with van der Waals surface area (Å²) in [5.74, 6) is 1.12. The molecule has 20 heteroatoms. The summed E-state index contributed by atoms with van der Waals surface area (Å²) in [4.78, 5) is 18.6. The van der Waals surface area contributed by atoms with E-state index >= 15 is 0 Å². The van der Waals surface area contributed by atoms with Crippen LogP contribution in [0.2, 0.25) is 0 Å². The highest BCUT2D eigenvalue weighted by Gasteiger charge is 2.35. The fraction of sp³-hybridized carbons (Fsp3) is 1.00. The summed E-state index contributed by atoms with van der Waals surface area (Å²) in [5.41, 5.74) is 16.4. The predicted octanol–water partition coefficient (Wildman–Crippen LogP) is -4.81. The van der Waals surface area contributed by atoms with E-state index in [0.717, 1.165) is 137 Å². The molecule has 0 spiro atoms. The molecule has 4 unspecified atom stereocenters. The smallest absolute Gasteiger partial charge is 0.0900 e. The fourth-order valence-corrected chi connectivity index (χ4v) is 9.29. The van der Waals surface area contributed by atoms with Gasteiger partial charge < -0.3 is 56.6 Å². The zero-order chi connectivity index (χ0) is 44.4. The lowest BCUT2D eigenvalue weighted by molar-refractivity contribution is -0.135. The summed E-state index contributed by atoms with van der Waals surface area (Å²) in [5, 5.41) is 44.4. The van der Waals surface area contributed by atoms with E-state index in [9.17, 15) is 20.4 Å². The average Bonchev–Trinajstić information content (AvgIpc) is 3.26. The molecule has 366 valence electrons. The van der Waals surface area contributed by atoms with Gasteiger partial charge in [0.25, 0.3) is 0 Å². The van der Waals surface area contributed by atoms with Crippen LogP contribution in [0.15, 0.2) is 0 Å². The number of thioether (sulfide) groups is 1. The first-order valence-corrected chi connectivity index (χ1v) is 24.9. The van der Waals surface area contributed by atoms with Gasteiger partial charge in [0.1, 0.15) is 0 Å². The van der Waals surface area contributed by atoms with E-state index in [-0.39, 0.29) is 52.9 Å². The third kappa shape index (κ3) is 21.9. The van der Waals surface area contributed by atoms with Crippen LogP contribution in [0.5, 0.6) is 0 Å². The van der Waals surface area contributed by atoms with Crippen molar-refractivity contribution < 1.29 is 39.4 Å². The molecule has 4 aliphatic rings. The standard InChI is InChI=1S/C42H89N11O8S/c1-62-25-24-49-14-22-53(23-15-49)29-41(57)33-61-37-42(34-58-30-38(54)26-50-16-8-46(5-2-43)9-17-50,35-59-31-39(55)27-51-18-10-47(6-3-44)11-19-51)36-60-32-40(56)28-52-20-12-48(7-4-45)13-21-52/h38-41,54-57H,2-37,43-45H2,1H3. The summed E-state index contributed by atoms with van der Waals surface area (Å²) < 4.78 is 25.2. The second kappa shape index (κ2) is 31.5. The van der Waals surface area contributed by atoms with E-state index in [2.05, 4.69) is 45.5 Å².